The van der Waals surface area contributed by atoms with Crippen LogP contribution in [0.15, 0.2) is 18.2 Å². The molecule has 3 heteroatoms. The van der Waals surface area contributed by atoms with E-state index in [1.54, 1.807) is 12.1 Å². The van der Waals surface area contributed by atoms with Gasteiger partial charge in [-0.25, -0.2) is 0 Å². The maximum Gasteiger partial charge on any atom is 0.123 e. The van der Waals surface area contributed by atoms with Gasteiger partial charge in [-0.2, -0.15) is 0 Å². The van der Waals surface area contributed by atoms with Crippen molar-refractivity contribution in [3.05, 3.63) is 23.8 Å². The molecule has 0 bridgehead atoms. The van der Waals surface area contributed by atoms with Gasteiger partial charge < -0.3 is 15.5 Å². The van der Waals surface area contributed by atoms with Crippen molar-refractivity contribution in [1.29, 1.82) is 0 Å². The normalized spacial score (nSPS) is 24.1. The summed E-state index contributed by atoms with van der Waals surface area (Å²) < 4.78 is 0. The quantitative estimate of drug-likeness (QED) is 0.768. The van der Waals surface area contributed by atoms with Gasteiger partial charge in [-0.05, 0) is 24.8 Å². The van der Waals surface area contributed by atoms with E-state index < -0.39 is 0 Å². The van der Waals surface area contributed by atoms with Gasteiger partial charge >= 0.3 is 0 Å². The summed E-state index contributed by atoms with van der Waals surface area (Å²) in [5, 5.41) is 22.6. The van der Waals surface area contributed by atoms with Crippen LogP contribution in [0.4, 0.5) is 0 Å². The predicted octanol–water partition coefficient (Wildman–Crippen LogP) is 3.16. The fraction of sp³-hybridized carbons (Fsp3) is 0.600. The van der Waals surface area contributed by atoms with Crippen molar-refractivity contribution < 1.29 is 10.2 Å². The first kappa shape index (κ1) is 13.2. The van der Waals surface area contributed by atoms with Crippen molar-refractivity contribution in [2.75, 3.05) is 0 Å². The molecule has 1 aromatic carbocycles. The zero-order chi connectivity index (χ0) is 13.0. The summed E-state index contributed by atoms with van der Waals surface area (Å²) in [7, 11) is 0. The van der Waals surface area contributed by atoms with E-state index in [2.05, 4.69) is 12.2 Å². The molecular weight excluding hydrogens is 226 g/mol. The van der Waals surface area contributed by atoms with E-state index in [1.807, 2.05) is 0 Å². The minimum absolute atomic E-state index is 0.111. The van der Waals surface area contributed by atoms with Crippen molar-refractivity contribution in [3.63, 3.8) is 0 Å². The van der Waals surface area contributed by atoms with Gasteiger partial charge in [0.15, 0.2) is 0 Å². The summed E-state index contributed by atoms with van der Waals surface area (Å²) in [6, 6.07) is 5.36. The average Bonchev–Trinajstić information content (AvgIpc) is 2.38. The van der Waals surface area contributed by atoms with Crippen LogP contribution < -0.4 is 5.32 Å². The Kier molecular flexibility index (Phi) is 4.48. The highest BCUT2D eigenvalue weighted by atomic mass is 16.3. The third-order valence-electron chi connectivity index (χ3n) is 4.06. The van der Waals surface area contributed by atoms with Crippen LogP contribution in [-0.2, 0) is 6.54 Å². The van der Waals surface area contributed by atoms with E-state index in [9.17, 15) is 10.2 Å². The van der Waals surface area contributed by atoms with Crippen LogP contribution in [0, 0.1) is 5.92 Å². The molecular formula is C15H23NO2. The van der Waals surface area contributed by atoms with Crippen molar-refractivity contribution in [1.82, 2.24) is 5.32 Å². The van der Waals surface area contributed by atoms with E-state index in [-0.39, 0.29) is 11.5 Å². The molecule has 0 heterocycles. The monoisotopic (exact) mass is 249 g/mol. The summed E-state index contributed by atoms with van der Waals surface area (Å²) in [6.45, 7) is 2.93. The zero-order valence-electron chi connectivity index (χ0n) is 11.0. The summed E-state index contributed by atoms with van der Waals surface area (Å²) in [4.78, 5) is 0. The smallest absolute Gasteiger partial charge is 0.123 e. The number of nitrogens with one attached hydrogen (secondary N) is 1. The molecule has 2 unspecified atom stereocenters. The minimum Gasteiger partial charge on any atom is -0.508 e. The highest BCUT2D eigenvalue weighted by molar-refractivity contribution is 5.38. The van der Waals surface area contributed by atoms with E-state index in [4.69, 9.17) is 0 Å². The van der Waals surface area contributed by atoms with E-state index in [0.29, 0.717) is 12.6 Å². The van der Waals surface area contributed by atoms with Gasteiger partial charge in [-0.1, -0.05) is 32.3 Å². The minimum atomic E-state index is 0.111. The number of aromatic hydroxyl groups is 2. The predicted molar refractivity (Wildman–Crippen MR) is 72.6 cm³/mol. The molecule has 1 aromatic rings. The van der Waals surface area contributed by atoms with E-state index in [1.165, 1.54) is 38.2 Å². The lowest BCUT2D eigenvalue weighted by atomic mass is 9.83. The molecule has 0 saturated heterocycles. The fourth-order valence-corrected chi connectivity index (χ4v) is 2.91. The van der Waals surface area contributed by atoms with Gasteiger partial charge in [-0.3, -0.25) is 0 Å². The molecule has 1 aliphatic rings. The second-order valence-corrected chi connectivity index (χ2v) is 5.25. The second-order valence-electron chi connectivity index (χ2n) is 5.25. The van der Waals surface area contributed by atoms with Crippen LogP contribution in [0.1, 0.15) is 44.6 Å². The Bertz CT molecular complexity index is 392. The largest absolute Gasteiger partial charge is 0.508 e. The SMILES string of the molecule is CCC1CCCCC1NCc1ccc(O)cc1O. The summed E-state index contributed by atoms with van der Waals surface area (Å²) in [6.07, 6.45) is 6.42. The van der Waals surface area contributed by atoms with Gasteiger partial charge in [-0.15, -0.1) is 0 Å². The first-order valence-corrected chi connectivity index (χ1v) is 6.95. The number of hydrogen-bond acceptors (Lipinski definition) is 3. The first-order chi connectivity index (χ1) is 8.70. The van der Waals surface area contributed by atoms with Gasteiger partial charge in [0.1, 0.15) is 11.5 Å². The van der Waals surface area contributed by atoms with E-state index in [0.717, 1.165) is 11.5 Å². The topological polar surface area (TPSA) is 52.5 Å². The maximum atomic E-state index is 9.74. The zero-order valence-corrected chi connectivity index (χ0v) is 11.0. The van der Waals surface area contributed by atoms with Crippen molar-refractivity contribution in [2.24, 2.45) is 5.92 Å². The lowest BCUT2D eigenvalue weighted by Crippen LogP contribution is -2.37. The number of phenolic OH excluding ortho intramolecular Hbond substituents is 2. The maximum absolute atomic E-state index is 9.74. The fourth-order valence-electron chi connectivity index (χ4n) is 2.91. The molecule has 0 spiro atoms. The summed E-state index contributed by atoms with van der Waals surface area (Å²) in [5.74, 6) is 1.05. The van der Waals surface area contributed by atoms with Gasteiger partial charge in [0.25, 0.3) is 0 Å². The molecule has 3 nitrogen and oxygen atoms in total. The third kappa shape index (κ3) is 3.16. The third-order valence-corrected chi connectivity index (χ3v) is 4.06. The van der Waals surface area contributed by atoms with Gasteiger partial charge in [0, 0.05) is 24.2 Å². The summed E-state index contributed by atoms with van der Waals surface area (Å²) in [5.41, 5.74) is 0.855. The second kappa shape index (κ2) is 6.10. The molecule has 1 aliphatic carbocycles. The summed E-state index contributed by atoms with van der Waals surface area (Å²) >= 11 is 0. The molecule has 18 heavy (non-hydrogen) atoms. The van der Waals surface area contributed by atoms with Crippen LogP contribution in [0.3, 0.4) is 0 Å². The number of benzene rings is 1. The Hall–Kier alpha value is -1.22. The molecule has 100 valence electrons. The molecule has 2 atom stereocenters. The lowest BCUT2D eigenvalue weighted by molar-refractivity contribution is 0.253. The Balaban J connectivity index is 1.93. The Morgan fingerprint density at radius 3 is 2.72 bits per heavy atom. The number of rotatable bonds is 4. The molecule has 2 rings (SSSR count). The average molecular weight is 249 g/mol. The van der Waals surface area contributed by atoms with Gasteiger partial charge in [0.05, 0.1) is 0 Å². The van der Waals surface area contributed by atoms with Crippen molar-refractivity contribution in [2.45, 2.75) is 51.6 Å². The molecule has 0 aliphatic heterocycles. The molecule has 3 N–H and O–H groups in total. The first-order valence-electron chi connectivity index (χ1n) is 6.95. The number of hydrogen-bond donors (Lipinski definition) is 3. The molecule has 0 amide bonds. The molecule has 1 saturated carbocycles. The van der Waals surface area contributed by atoms with E-state index >= 15 is 0 Å². The number of phenols is 2. The van der Waals surface area contributed by atoms with Crippen LogP contribution in [0.5, 0.6) is 11.5 Å². The van der Waals surface area contributed by atoms with Crippen molar-refractivity contribution >= 4 is 0 Å². The van der Waals surface area contributed by atoms with Gasteiger partial charge in [0.2, 0.25) is 0 Å². The van der Waals surface area contributed by atoms with Crippen molar-refractivity contribution in [3.8, 4) is 11.5 Å². The highest BCUT2D eigenvalue weighted by Crippen LogP contribution is 2.28. The molecule has 0 aromatic heterocycles. The molecule has 0 radical (unpaired) electrons. The lowest BCUT2D eigenvalue weighted by Gasteiger charge is -2.31. The van der Waals surface area contributed by atoms with Crippen LogP contribution in [-0.4, -0.2) is 16.3 Å². The van der Waals surface area contributed by atoms with Crippen LogP contribution in [0.2, 0.25) is 0 Å². The molecule has 1 fully saturated rings. The standard InChI is InChI=1S/C15H23NO2/c1-2-11-5-3-4-6-14(11)16-10-12-7-8-13(17)9-15(12)18/h7-9,11,14,16-18H,2-6,10H2,1H3. The van der Waals surface area contributed by atoms with Crippen LogP contribution >= 0.6 is 0 Å². The van der Waals surface area contributed by atoms with Crippen LogP contribution in [0.25, 0.3) is 0 Å². The Morgan fingerprint density at radius 2 is 2.00 bits per heavy atom. The Labute approximate surface area is 109 Å². The Morgan fingerprint density at radius 1 is 1.22 bits per heavy atom. The highest BCUT2D eigenvalue weighted by Gasteiger charge is 2.23.